The van der Waals surface area contributed by atoms with Crippen LogP contribution in [0.15, 0.2) is 36.4 Å². The van der Waals surface area contributed by atoms with E-state index in [1.165, 1.54) is 6.08 Å². The van der Waals surface area contributed by atoms with Gasteiger partial charge in [-0.1, -0.05) is 18.2 Å². The predicted molar refractivity (Wildman–Crippen MR) is 74.4 cm³/mol. The van der Waals surface area contributed by atoms with E-state index in [0.717, 1.165) is 5.56 Å². The van der Waals surface area contributed by atoms with Gasteiger partial charge in [-0.2, -0.15) is 0 Å². The van der Waals surface area contributed by atoms with Crippen molar-refractivity contribution in [3.05, 3.63) is 42.0 Å². The number of esters is 1. The van der Waals surface area contributed by atoms with Crippen LogP contribution in [0.5, 0.6) is 11.5 Å². The maximum Gasteiger partial charge on any atom is 0.330 e. The molecule has 1 aromatic rings. The van der Waals surface area contributed by atoms with E-state index in [2.05, 4.69) is 0 Å². The van der Waals surface area contributed by atoms with Gasteiger partial charge in [-0.3, -0.25) is 0 Å². The normalized spacial score (nSPS) is 10.9. The standard InChI is InChI=1S/C15H18O4/c1-4-19-15(16)8-6-5-7-12-9-13(17-2)11-14(10-12)18-3/h5-11H,4H2,1-3H3. The van der Waals surface area contributed by atoms with Crippen LogP contribution in [-0.4, -0.2) is 26.8 Å². The number of carbonyl (C=O) groups excluding carboxylic acids is 1. The van der Waals surface area contributed by atoms with Crippen LogP contribution in [0.2, 0.25) is 0 Å². The fraction of sp³-hybridized carbons (Fsp3) is 0.267. The molecule has 0 aliphatic heterocycles. The highest BCUT2D eigenvalue weighted by molar-refractivity contribution is 5.82. The number of carbonyl (C=O) groups is 1. The molecule has 0 atom stereocenters. The smallest absolute Gasteiger partial charge is 0.330 e. The molecular weight excluding hydrogens is 244 g/mol. The second-order valence-electron chi connectivity index (χ2n) is 3.62. The summed E-state index contributed by atoms with van der Waals surface area (Å²) in [6.07, 6.45) is 6.60. The van der Waals surface area contributed by atoms with Crippen LogP contribution in [0.1, 0.15) is 12.5 Å². The number of benzene rings is 1. The average molecular weight is 262 g/mol. The molecule has 0 bridgehead atoms. The fourth-order valence-electron chi connectivity index (χ4n) is 1.42. The maximum atomic E-state index is 11.1. The predicted octanol–water partition coefficient (Wildman–Crippen LogP) is 2.84. The van der Waals surface area contributed by atoms with E-state index in [1.807, 2.05) is 18.2 Å². The highest BCUT2D eigenvalue weighted by Gasteiger charge is 1.98. The molecule has 0 saturated heterocycles. The molecular formula is C15H18O4. The fourth-order valence-corrected chi connectivity index (χ4v) is 1.42. The Balaban J connectivity index is 2.73. The second kappa shape index (κ2) is 7.97. The highest BCUT2D eigenvalue weighted by Crippen LogP contribution is 2.23. The molecule has 0 radical (unpaired) electrons. The number of rotatable bonds is 6. The van der Waals surface area contributed by atoms with Crippen LogP contribution < -0.4 is 9.47 Å². The highest BCUT2D eigenvalue weighted by atomic mass is 16.5. The third-order valence-corrected chi connectivity index (χ3v) is 2.29. The molecule has 4 heteroatoms. The lowest BCUT2D eigenvalue weighted by Gasteiger charge is -2.05. The van der Waals surface area contributed by atoms with Crippen LogP contribution in [0, 0.1) is 0 Å². The van der Waals surface area contributed by atoms with Crippen molar-refractivity contribution in [1.82, 2.24) is 0 Å². The van der Waals surface area contributed by atoms with Crippen LogP contribution in [0.25, 0.3) is 6.08 Å². The second-order valence-corrected chi connectivity index (χ2v) is 3.62. The van der Waals surface area contributed by atoms with Crippen molar-refractivity contribution in [2.24, 2.45) is 0 Å². The number of hydrogen-bond donors (Lipinski definition) is 0. The first-order chi connectivity index (χ1) is 9.19. The summed E-state index contributed by atoms with van der Waals surface area (Å²) in [5, 5.41) is 0. The van der Waals surface area contributed by atoms with E-state index < -0.39 is 0 Å². The molecule has 0 heterocycles. The Hall–Kier alpha value is -2.23. The van der Waals surface area contributed by atoms with Gasteiger partial charge in [-0.15, -0.1) is 0 Å². The van der Waals surface area contributed by atoms with Crippen molar-refractivity contribution in [1.29, 1.82) is 0 Å². The molecule has 0 fully saturated rings. The summed E-state index contributed by atoms with van der Waals surface area (Å²) in [5.74, 6) is 1.08. The van der Waals surface area contributed by atoms with E-state index in [-0.39, 0.29) is 5.97 Å². The zero-order chi connectivity index (χ0) is 14.1. The molecule has 4 nitrogen and oxygen atoms in total. The molecule has 0 amide bonds. The van der Waals surface area contributed by atoms with Crippen LogP contribution >= 0.6 is 0 Å². The molecule has 0 N–H and O–H groups in total. The summed E-state index contributed by atoms with van der Waals surface area (Å²) in [6, 6.07) is 5.54. The molecule has 19 heavy (non-hydrogen) atoms. The van der Waals surface area contributed by atoms with E-state index in [0.29, 0.717) is 18.1 Å². The quantitative estimate of drug-likeness (QED) is 0.449. The van der Waals surface area contributed by atoms with Crippen molar-refractivity contribution in [2.45, 2.75) is 6.92 Å². The van der Waals surface area contributed by atoms with Gasteiger partial charge >= 0.3 is 5.97 Å². The van der Waals surface area contributed by atoms with Crippen molar-refractivity contribution >= 4 is 12.0 Å². The van der Waals surface area contributed by atoms with E-state index in [1.54, 1.807) is 39.4 Å². The maximum absolute atomic E-state index is 11.1. The summed E-state index contributed by atoms with van der Waals surface area (Å²) in [4.78, 5) is 11.1. The minimum Gasteiger partial charge on any atom is -0.497 e. The van der Waals surface area contributed by atoms with Crippen LogP contribution in [0.4, 0.5) is 0 Å². The SMILES string of the molecule is CCOC(=O)C=CC=Cc1cc(OC)cc(OC)c1. The number of allylic oxidation sites excluding steroid dienone is 2. The van der Waals surface area contributed by atoms with Gasteiger partial charge in [-0.25, -0.2) is 4.79 Å². The molecule has 0 aliphatic rings. The number of methoxy groups -OCH3 is 2. The molecule has 0 spiro atoms. The van der Waals surface area contributed by atoms with Gasteiger partial charge in [0.05, 0.1) is 20.8 Å². The van der Waals surface area contributed by atoms with Gasteiger partial charge in [0.15, 0.2) is 0 Å². The molecule has 0 unspecified atom stereocenters. The van der Waals surface area contributed by atoms with E-state index in [4.69, 9.17) is 14.2 Å². The van der Waals surface area contributed by atoms with Gasteiger partial charge in [0.2, 0.25) is 0 Å². The van der Waals surface area contributed by atoms with E-state index in [9.17, 15) is 4.79 Å². The van der Waals surface area contributed by atoms with Gasteiger partial charge in [-0.05, 0) is 24.6 Å². The lowest BCUT2D eigenvalue weighted by Crippen LogP contribution is -1.98. The monoisotopic (exact) mass is 262 g/mol. The average Bonchev–Trinajstić information content (AvgIpc) is 2.43. The Morgan fingerprint density at radius 2 is 1.74 bits per heavy atom. The third-order valence-electron chi connectivity index (χ3n) is 2.29. The Morgan fingerprint density at radius 3 is 2.26 bits per heavy atom. The van der Waals surface area contributed by atoms with Crippen molar-refractivity contribution in [3.8, 4) is 11.5 Å². The van der Waals surface area contributed by atoms with Gasteiger partial charge in [0.25, 0.3) is 0 Å². The van der Waals surface area contributed by atoms with Gasteiger partial charge in [0, 0.05) is 12.1 Å². The summed E-state index contributed by atoms with van der Waals surface area (Å²) in [7, 11) is 3.20. The Kier molecular flexibility index (Phi) is 6.22. The molecule has 1 rings (SSSR count). The topological polar surface area (TPSA) is 44.8 Å². The molecule has 0 saturated carbocycles. The molecule has 1 aromatic carbocycles. The lowest BCUT2D eigenvalue weighted by molar-refractivity contribution is -0.137. The first kappa shape index (κ1) is 14.8. The summed E-state index contributed by atoms with van der Waals surface area (Å²) >= 11 is 0. The zero-order valence-electron chi connectivity index (χ0n) is 11.4. The summed E-state index contributed by atoms with van der Waals surface area (Å²) < 4.78 is 15.1. The van der Waals surface area contributed by atoms with Crippen LogP contribution in [-0.2, 0) is 9.53 Å². The minimum atomic E-state index is -0.352. The van der Waals surface area contributed by atoms with E-state index >= 15 is 0 Å². The molecule has 0 aromatic heterocycles. The van der Waals surface area contributed by atoms with Gasteiger partial charge < -0.3 is 14.2 Å². The Morgan fingerprint density at radius 1 is 1.11 bits per heavy atom. The van der Waals surface area contributed by atoms with Crippen molar-refractivity contribution in [3.63, 3.8) is 0 Å². The lowest BCUT2D eigenvalue weighted by atomic mass is 10.2. The largest absolute Gasteiger partial charge is 0.497 e. The van der Waals surface area contributed by atoms with Crippen LogP contribution in [0.3, 0.4) is 0 Å². The summed E-state index contributed by atoms with van der Waals surface area (Å²) in [5.41, 5.74) is 0.921. The molecule has 0 aliphatic carbocycles. The zero-order valence-corrected chi connectivity index (χ0v) is 11.4. The Bertz CT molecular complexity index is 453. The summed E-state index contributed by atoms with van der Waals surface area (Å²) in [6.45, 7) is 2.14. The first-order valence-corrected chi connectivity index (χ1v) is 5.94. The minimum absolute atomic E-state index is 0.352. The number of ether oxygens (including phenoxy) is 3. The first-order valence-electron chi connectivity index (χ1n) is 5.94. The molecule has 102 valence electrons. The Labute approximate surface area is 113 Å². The van der Waals surface area contributed by atoms with Gasteiger partial charge in [0.1, 0.15) is 11.5 Å². The van der Waals surface area contributed by atoms with Crippen molar-refractivity contribution < 1.29 is 19.0 Å². The number of hydrogen-bond acceptors (Lipinski definition) is 4. The third kappa shape index (κ3) is 5.29. The van der Waals surface area contributed by atoms with Crippen molar-refractivity contribution in [2.75, 3.05) is 20.8 Å².